The van der Waals surface area contributed by atoms with Crippen LogP contribution in [0.4, 0.5) is 0 Å². The smallest absolute Gasteiger partial charge is 0.164 e. The average Bonchev–Trinajstić information content (AvgIpc) is 4.19. The molecule has 0 bridgehead atoms. The predicted molar refractivity (Wildman–Crippen MR) is 290 cm³/mol. The van der Waals surface area contributed by atoms with E-state index < -0.39 is 0 Å². The summed E-state index contributed by atoms with van der Waals surface area (Å²) in [6.45, 7) is 0. The van der Waals surface area contributed by atoms with Crippen molar-refractivity contribution >= 4 is 97.1 Å². The number of hydrogen-bond acceptors (Lipinski definition) is 5. The molecule has 5 aromatic heterocycles. The van der Waals surface area contributed by atoms with Gasteiger partial charge in [0, 0.05) is 86.1 Å². The number of rotatable bonds is 6. The number of fused-ring (bicyclic) bond motifs is 13. The second-order valence-corrected chi connectivity index (χ2v) is 19.0. The number of para-hydroxylation sites is 4. The molecule has 0 fully saturated rings. The Bertz CT molecular complexity index is 4580. The third kappa shape index (κ3) is 5.82. The quantitative estimate of drug-likeness (QED) is 0.167. The highest BCUT2D eigenvalue weighted by atomic mass is 32.1. The number of aromatic nitrogens is 5. The van der Waals surface area contributed by atoms with Gasteiger partial charge in [-0.05, 0) is 84.4 Å². The van der Waals surface area contributed by atoms with Crippen LogP contribution in [-0.2, 0) is 0 Å². The van der Waals surface area contributed by atoms with Crippen molar-refractivity contribution in [3.8, 4) is 56.7 Å². The van der Waals surface area contributed by atoms with Gasteiger partial charge < -0.3 is 13.6 Å². The van der Waals surface area contributed by atoms with E-state index in [2.05, 4.69) is 228 Å². The first-order valence-corrected chi connectivity index (χ1v) is 24.3. The van der Waals surface area contributed by atoms with Gasteiger partial charge in [0.1, 0.15) is 11.2 Å². The highest BCUT2D eigenvalue weighted by Gasteiger charge is 2.22. The Kier molecular flexibility index (Phi) is 8.43. The van der Waals surface area contributed by atoms with E-state index >= 15 is 0 Å². The molecule has 0 atom stereocenters. The molecule has 15 aromatic rings. The molecule has 15 rings (SSSR count). The van der Waals surface area contributed by atoms with Gasteiger partial charge in [0.25, 0.3) is 0 Å². The lowest BCUT2D eigenvalue weighted by molar-refractivity contribution is 0.670. The van der Waals surface area contributed by atoms with E-state index in [1.165, 1.54) is 47.4 Å². The normalized spacial score (nSPS) is 12.0. The SMILES string of the molecule is c1ccc(-c2cccc3c2oc2cc(-c4nc(-c5ccc(-n6c7ccccc7c7c6ccc6c8ccccc8n(-c8ccccc8)c67)cc5)nc(-c5cccc6sc7ccccc7c56)n4)ccc23)cc1. The number of nitrogens with zero attached hydrogens (tertiary/aromatic N) is 5. The summed E-state index contributed by atoms with van der Waals surface area (Å²) in [4.78, 5) is 15.9. The van der Waals surface area contributed by atoms with E-state index in [-0.39, 0.29) is 0 Å². The van der Waals surface area contributed by atoms with Gasteiger partial charge in [-0.2, -0.15) is 0 Å². The maximum Gasteiger partial charge on any atom is 0.164 e. The molecule has 0 saturated heterocycles. The zero-order chi connectivity index (χ0) is 45.9. The van der Waals surface area contributed by atoms with Gasteiger partial charge in [-0.15, -0.1) is 11.3 Å². The Morgan fingerprint density at radius 2 is 0.943 bits per heavy atom. The van der Waals surface area contributed by atoms with Crippen LogP contribution in [-0.4, -0.2) is 24.1 Å². The zero-order valence-corrected chi connectivity index (χ0v) is 38.2. The van der Waals surface area contributed by atoms with Crippen molar-refractivity contribution in [2.45, 2.75) is 0 Å². The minimum absolute atomic E-state index is 0.575. The number of hydrogen-bond donors (Lipinski definition) is 0. The van der Waals surface area contributed by atoms with E-state index in [0.717, 1.165) is 77.6 Å². The van der Waals surface area contributed by atoms with E-state index in [9.17, 15) is 0 Å². The minimum atomic E-state index is 0.575. The summed E-state index contributed by atoms with van der Waals surface area (Å²) in [6.07, 6.45) is 0. The molecule has 10 aromatic carbocycles. The summed E-state index contributed by atoms with van der Waals surface area (Å²) >= 11 is 1.79. The van der Waals surface area contributed by atoms with Crippen molar-refractivity contribution in [1.82, 2.24) is 24.1 Å². The Morgan fingerprint density at radius 1 is 0.343 bits per heavy atom. The summed E-state index contributed by atoms with van der Waals surface area (Å²) in [5.74, 6) is 1.79. The molecule has 0 radical (unpaired) electrons. The lowest BCUT2D eigenvalue weighted by atomic mass is 10.0. The molecule has 326 valence electrons. The van der Waals surface area contributed by atoms with Crippen LogP contribution < -0.4 is 0 Å². The molecule has 0 aliphatic carbocycles. The van der Waals surface area contributed by atoms with E-state index in [1.807, 2.05) is 6.07 Å². The van der Waals surface area contributed by atoms with Crippen LogP contribution in [0.25, 0.3) is 142 Å². The highest BCUT2D eigenvalue weighted by Crippen LogP contribution is 2.44. The van der Waals surface area contributed by atoms with E-state index in [4.69, 9.17) is 19.4 Å². The number of benzene rings is 10. The largest absolute Gasteiger partial charge is 0.455 e. The highest BCUT2D eigenvalue weighted by molar-refractivity contribution is 7.25. The maximum atomic E-state index is 6.73. The molecule has 0 aliphatic heterocycles. The molecule has 0 amide bonds. The van der Waals surface area contributed by atoms with Crippen molar-refractivity contribution in [3.63, 3.8) is 0 Å². The fourth-order valence-corrected chi connectivity index (χ4v) is 12.0. The van der Waals surface area contributed by atoms with Gasteiger partial charge in [-0.1, -0.05) is 146 Å². The molecular weight excluding hydrogens is 875 g/mol. The van der Waals surface area contributed by atoms with Crippen LogP contribution in [0.1, 0.15) is 0 Å². The summed E-state index contributed by atoms with van der Waals surface area (Å²) in [5, 5.41) is 9.34. The van der Waals surface area contributed by atoms with Crippen molar-refractivity contribution in [3.05, 3.63) is 224 Å². The fourth-order valence-electron chi connectivity index (χ4n) is 10.9. The summed E-state index contributed by atoms with van der Waals surface area (Å²) < 4.78 is 14.0. The molecular formula is C63H37N5OS. The molecule has 0 saturated carbocycles. The van der Waals surface area contributed by atoms with E-state index in [0.29, 0.717) is 17.5 Å². The van der Waals surface area contributed by atoms with Crippen LogP contribution in [0.5, 0.6) is 0 Å². The fraction of sp³-hybridized carbons (Fsp3) is 0. The van der Waals surface area contributed by atoms with Gasteiger partial charge in [0.05, 0.1) is 22.1 Å². The molecule has 7 heteroatoms. The second kappa shape index (κ2) is 15.2. The number of furan rings is 1. The first-order chi connectivity index (χ1) is 34.7. The molecule has 6 nitrogen and oxygen atoms in total. The molecule has 0 unspecified atom stereocenters. The van der Waals surface area contributed by atoms with Crippen LogP contribution >= 0.6 is 11.3 Å². The Labute approximate surface area is 404 Å². The lowest BCUT2D eigenvalue weighted by Crippen LogP contribution is -2.01. The third-order valence-electron chi connectivity index (χ3n) is 14.0. The van der Waals surface area contributed by atoms with Gasteiger partial charge in [-0.25, -0.2) is 15.0 Å². The number of thiophene rings is 1. The van der Waals surface area contributed by atoms with Gasteiger partial charge in [-0.3, -0.25) is 0 Å². The molecule has 0 N–H and O–H groups in total. The molecule has 0 spiro atoms. The van der Waals surface area contributed by atoms with Crippen LogP contribution in [0.2, 0.25) is 0 Å². The van der Waals surface area contributed by atoms with Gasteiger partial charge in [0.15, 0.2) is 17.5 Å². The van der Waals surface area contributed by atoms with E-state index in [1.54, 1.807) is 11.3 Å². The first-order valence-electron chi connectivity index (χ1n) is 23.5. The zero-order valence-electron chi connectivity index (χ0n) is 37.4. The van der Waals surface area contributed by atoms with Crippen molar-refractivity contribution in [2.75, 3.05) is 0 Å². The van der Waals surface area contributed by atoms with Crippen LogP contribution in [0.3, 0.4) is 0 Å². The van der Waals surface area contributed by atoms with Crippen molar-refractivity contribution < 1.29 is 4.42 Å². The monoisotopic (exact) mass is 911 g/mol. The Morgan fingerprint density at radius 3 is 1.77 bits per heavy atom. The lowest BCUT2D eigenvalue weighted by Gasteiger charge is -2.12. The first kappa shape index (κ1) is 38.9. The summed E-state index contributed by atoms with van der Waals surface area (Å²) in [5.41, 5.74) is 13.4. The second-order valence-electron chi connectivity index (χ2n) is 17.9. The Hall–Kier alpha value is -9.17. The van der Waals surface area contributed by atoms with Gasteiger partial charge >= 0.3 is 0 Å². The summed E-state index contributed by atoms with van der Waals surface area (Å²) in [7, 11) is 0. The Balaban J connectivity index is 0.913. The molecule has 5 heterocycles. The van der Waals surface area contributed by atoms with Crippen LogP contribution in [0, 0.1) is 0 Å². The topological polar surface area (TPSA) is 61.7 Å². The third-order valence-corrected chi connectivity index (χ3v) is 15.1. The summed E-state index contributed by atoms with van der Waals surface area (Å²) in [6, 6.07) is 79.5. The average molecular weight is 912 g/mol. The van der Waals surface area contributed by atoms with Gasteiger partial charge in [0.2, 0.25) is 0 Å². The molecule has 0 aliphatic rings. The van der Waals surface area contributed by atoms with Crippen molar-refractivity contribution in [1.29, 1.82) is 0 Å². The predicted octanol–water partition coefficient (Wildman–Crippen LogP) is 17.0. The minimum Gasteiger partial charge on any atom is -0.455 e. The maximum absolute atomic E-state index is 6.73. The van der Waals surface area contributed by atoms with Crippen molar-refractivity contribution in [2.24, 2.45) is 0 Å². The standard InChI is InChI=1S/C63H37N5OS/c1-3-15-38(16-4-1)43-22-13-23-47-45-34-31-40(37-54(45)69-60(43)47)62-64-61(65-63(66-62)50-24-14-28-56-57(50)49-21-9-12-27-55(49)70-56)39-29-32-42(33-30-39)67-52-26-11-8-20-48(52)58-53(67)36-35-46-44-19-7-10-25-51(44)68(59(46)58)41-17-5-2-6-18-41/h1-37H. The van der Waals surface area contributed by atoms with Crippen LogP contribution in [0.15, 0.2) is 229 Å². The molecule has 70 heavy (non-hydrogen) atoms.